The predicted molar refractivity (Wildman–Crippen MR) is 105 cm³/mol. The van der Waals surface area contributed by atoms with Gasteiger partial charge in [0, 0.05) is 9.92 Å². The van der Waals surface area contributed by atoms with Crippen molar-refractivity contribution >= 4 is 46.8 Å². The highest BCUT2D eigenvalue weighted by molar-refractivity contribution is 8.01. The molecular formula is C19H17ClN2O5S. The lowest BCUT2D eigenvalue weighted by Crippen LogP contribution is -2.31. The van der Waals surface area contributed by atoms with Crippen LogP contribution in [0.3, 0.4) is 0 Å². The van der Waals surface area contributed by atoms with E-state index in [4.69, 9.17) is 26.8 Å². The van der Waals surface area contributed by atoms with Crippen LogP contribution in [0, 0.1) is 0 Å². The van der Waals surface area contributed by atoms with Gasteiger partial charge in [0.05, 0.1) is 17.4 Å². The number of amides is 2. The van der Waals surface area contributed by atoms with E-state index in [1.165, 1.54) is 11.8 Å². The number of thioether (sulfide) groups is 1. The minimum Gasteiger partial charge on any atom is -0.484 e. The zero-order valence-corrected chi connectivity index (χ0v) is 16.2. The fourth-order valence-corrected chi connectivity index (χ4v) is 3.76. The molecule has 2 aromatic rings. The zero-order chi connectivity index (χ0) is 20.1. The Labute approximate surface area is 170 Å². The maximum absolute atomic E-state index is 12.2. The first kappa shape index (κ1) is 20.0. The number of carbonyl (C=O) groups is 3. The zero-order valence-electron chi connectivity index (χ0n) is 14.6. The molecule has 1 atom stereocenters. The molecule has 3 rings (SSSR count). The van der Waals surface area contributed by atoms with Crippen LogP contribution in [-0.2, 0) is 25.7 Å². The molecule has 0 bridgehead atoms. The van der Waals surface area contributed by atoms with Crippen LogP contribution in [0.5, 0.6) is 5.75 Å². The minimum atomic E-state index is -0.580. The Bertz CT molecular complexity index is 921. The summed E-state index contributed by atoms with van der Waals surface area (Å²) in [4.78, 5) is 36.0. The molecule has 146 valence electrons. The standard InChI is InChI=1S/C19H17ClN2O5S/c20-12-4-5-15-14(7-12)22-19(25)16(28-15)8-18(24)27-9-11-2-1-3-13(6-11)26-10-17(21)23/h1-7,16H,8-10H2,(H2,21,23)(H,22,25). The second-order valence-corrected chi connectivity index (χ2v) is 7.68. The molecule has 2 amide bonds. The Morgan fingerprint density at radius 1 is 1.21 bits per heavy atom. The SMILES string of the molecule is NC(=O)COc1cccc(COC(=O)CC2Sc3ccc(Cl)cc3NC2=O)c1. The van der Waals surface area contributed by atoms with Crippen LogP contribution < -0.4 is 15.8 Å². The van der Waals surface area contributed by atoms with Gasteiger partial charge in [-0.15, -0.1) is 11.8 Å². The first-order valence-corrected chi connectivity index (χ1v) is 9.59. The molecule has 0 saturated carbocycles. The highest BCUT2D eigenvalue weighted by atomic mass is 35.5. The van der Waals surface area contributed by atoms with Crippen molar-refractivity contribution in [1.82, 2.24) is 0 Å². The number of rotatable bonds is 7. The topological polar surface area (TPSA) is 108 Å². The van der Waals surface area contributed by atoms with Gasteiger partial charge in [-0.05, 0) is 35.9 Å². The van der Waals surface area contributed by atoms with Gasteiger partial charge in [-0.3, -0.25) is 14.4 Å². The smallest absolute Gasteiger partial charge is 0.307 e. The Balaban J connectivity index is 1.53. The summed E-state index contributed by atoms with van der Waals surface area (Å²) in [6.45, 7) is -0.207. The molecule has 1 aliphatic heterocycles. The lowest BCUT2D eigenvalue weighted by Gasteiger charge is -2.23. The van der Waals surface area contributed by atoms with Crippen LogP contribution in [0.25, 0.3) is 0 Å². The molecule has 1 unspecified atom stereocenters. The van der Waals surface area contributed by atoms with Gasteiger partial charge >= 0.3 is 5.97 Å². The fourth-order valence-electron chi connectivity index (χ4n) is 2.51. The average Bonchev–Trinajstić information content (AvgIpc) is 2.66. The van der Waals surface area contributed by atoms with Gasteiger partial charge in [0.25, 0.3) is 5.91 Å². The van der Waals surface area contributed by atoms with Crippen molar-refractivity contribution in [3.8, 4) is 5.75 Å². The van der Waals surface area contributed by atoms with Crippen LogP contribution in [0.15, 0.2) is 47.4 Å². The second-order valence-electron chi connectivity index (χ2n) is 6.00. The maximum Gasteiger partial charge on any atom is 0.307 e. The van der Waals surface area contributed by atoms with Gasteiger partial charge in [0.15, 0.2) is 6.61 Å². The average molecular weight is 421 g/mol. The largest absolute Gasteiger partial charge is 0.484 e. The summed E-state index contributed by atoms with van der Waals surface area (Å²) < 4.78 is 10.5. The molecule has 2 aromatic carbocycles. The second kappa shape index (κ2) is 8.99. The van der Waals surface area contributed by atoms with Crippen LogP contribution >= 0.6 is 23.4 Å². The fraction of sp³-hybridized carbons (Fsp3) is 0.211. The molecule has 0 aliphatic carbocycles. The number of fused-ring (bicyclic) bond motifs is 1. The highest BCUT2D eigenvalue weighted by Crippen LogP contribution is 2.38. The van der Waals surface area contributed by atoms with Crippen molar-refractivity contribution in [2.24, 2.45) is 5.73 Å². The van der Waals surface area contributed by atoms with Gasteiger partial charge < -0.3 is 20.5 Å². The Hall–Kier alpha value is -2.71. The number of nitrogens with one attached hydrogen (secondary N) is 1. The first-order valence-electron chi connectivity index (χ1n) is 8.33. The molecule has 7 nitrogen and oxygen atoms in total. The molecule has 3 N–H and O–H groups in total. The molecule has 28 heavy (non-hydrogen) atoms. The van der Waals surface area contributed by atoms with E-state index in [2.05, 4.69) is 5.32 Å². The summed E-state index contributed by atoms with van der Waals surface area (Å²) in [5.74, 6) is -0.888. The third kappa shape index (κ3) is 5.40. The van der Waals surface area contributed by atoms with Gasteiger partial charge in [-0.1, -0.05) is 23.7 Å². The molecule has 1 heterocycles. The first-order chi connectivity index (χ1) is 13.4. The lowest BCUT2D eigenvalue weighted by atomic mass is 10.2. The van der Waals surface area contributed by atoms with Crippen LogP contribution in [0.1, 0.15) is 12.0 Å². The van der Waals surface area contributed by atoms with E-state index in [9.17, 15) is 14.4 Å². The van der Waals surface area contributed by atoms with E-state index in [0.29, 0.717) is 22.0 Å². The number of hydrogen-bond donors (Lipinski definition) is 2. The monoisotopic (exact) mass is 420 g/mol. The number of primary amides is 1. The molecule has 0 aromatic heterocycles. The lowest BCUT2D eigenvalue weighted by molar-refractivity contribution is -0.145. The van der Waals surface area contributed by atoms with Crippen LogP contribution in [0.4, 0.5) is 5.69 Å². The third-order valence-electron chi connectivity index (χ3n) is 3.79. The van der Waals surface area contributed by atoms with E-state index in [1.807, 2.05) is 0 Å². The van der Waals surface area contributed by atoms with E-state index in [0.717, 1.165) is 4.90 Å². The summed E-state index contributed by atoms with van der Waals surface area (Å²) in [6.07, 6.45) is -0.0591. The van der Waals surface area contributed by atoms with Crippen molar-refractivity contribution in [1.29, 1.82) is 0 Å². The molecule has 0 radical (unpaired) electrons. The van der Waals surface area contributed by atoms with Crippen molar-refractivity contribution in [3.63, 3.8) is 0 Å². The minimum absolute atomic E-state index is 0.0256. The third-order valence-corrected chi connectivity index (χ3v) is 5.30. The van der Waals surface area contributed by atoms with Crippen molar-refractivity contribution in [2.75, 3.05) is 11.9 Å². The number of benzene rings is 2. The van der Waals surface area contributed by atoms with Gasteiger partial charge in [-0.2, -0.15) is 0 Å². The highest BCUT2D eigenvalue weighted by Gasteiger charge is 2.29. The summed E-state index contributed by atoms with van der Waals surface area (Å²) in [7, 11) is 0. The maximum atomic E-state index is 12.2. The number of hydrogen-bond acceptors (Lipinski definition) is 6. The number of nitrogens with two attached hydrogens (primary N) is 1. The molecule has 0 saturated heterocycles. The number of anilines is 1. The van der Waals surface area contributed by atoms with E-state index in [-0.39, 0.29) is 25.5 Å². The van der Waals surface area contributed by atoms with Gasteiger partial charge in [0.2, 0.25) is 5.91 Å². The van der Waals surface area contributed by atoms with Gasteiger partial charge in [0.1, 0.15) is 12.4 Å². The van der Waals surface area contributed by atoms with Gasteiger partial charge in [-0.25, -0.2) is 0 Å². The summed E-state index contributed by atoms with van der Waals surface area (Å²) in [6, 6.07) is 12.0. The van der Waals surface area contributed by atoms with Crippen molar-refractivity contribution < 1.29 is 23.9 Å². The van der Waals surface area contributed by atoms with Crippen LogP contribution in [0.2, 0.25) is 5.02 Å². The van der Waals surface area contributed by atoms with Crippen LogP contribution in [-0.4, -0.2) is 29.6 Å². The normalized spacial score (nSPS) is 15.3. The number of carbonyl (C=O) groups excluding carboxylic acids is 3. The van der Waals surface area contributed by atoms with Crippen molar-refractivity contribution in [3.05, 3.63) is 53.1 Å². The molecule has 9 heteroatoms. The summed E-state index contributed by atoms with van der Waals surface area (Å²) in [5, 5.41) is 2.70. The molecule has 0 fully saturated rings. The molecular weight excluding hydrogens is 404 g/mol. The predicted octanol–water partition coefficient (Wildman–Crippen LogP) is 2.75. The molecule has 1 aliphatic rings. The molecule has 0 spiro atoms. The number of esters is 1. The number of ether oxygens (including phenoxy) is 2. The summed E-state index contributed by atoms with van der Waals surface area (Å²) >= 11 is 7.22. The quantitative estimate of drug-likeness (QED) is 0.667. The summed E-state index contributed by atoms with van der Waals surface area (Å²) in [5.41, 5.74) is 6.37. The van der Waals surface area contributed by atoms with E-state index < -0.39 is 17.1 Å². The Kier molecular flexibility index (Phi) is 6.43. The van der Waals surface area contributed by atoms with E-state index >= 15 is 0 Å². The Morgan fingerprint density at radius 2 is 2.04 bits per heavy atom. The number of halogens is 1. The van der Waals surface area contributed by atoms with E-state index in [1.54, 1.807) is 42.5 Å². The Morgan fingerprint density at radius 3 is 2.82 bits per heavy atom. The van der Waals surface area contributed by atoms with Crippen molar-refractivity contribution in [2.45, 2.75) is 23.2 Å².